The van der Waals surface area contributed by atoms with Crippen molar-refractivity contribution >= 4 is 38.6 Å². The first-order valence-corrected chi connectivity index (χ1v) is 8.88. The third-order valence-corrected chi connectivity index (χ3v) is 4.93. The summed E-state index contributed by atoms with van der Waals surface area (Å²) in [7, 11) is 1.56. The number of fused-ring (bicyclic) bond motifs is 1. The summed E-state index contributed by atoms with van der Waals surface area (Å²) >= 11 is 1.39. The van der Waals surface area contributed by atoms with Crippen LogP contribution in [0.3, 0.4) is 0 Å². The van der Waals surface area contributed by atoms with Crippen LogP contribution in [0.1, 0.15) is 24.3 Å². The van der Waals surface area contributed by atoms with Gasteiger partial charge in [0.25, 0.3) is 0 Å². The minimum absolute atomic E-state index is 0.0640. The van der Waals surface area contributed by atoms with Crippen LogP contribution in [-0.2, 0) is 9.59 Å². The number of nitrogens with zero attached hydrogens (tertiary/aromatic N) is 1. The van der Waals surface area contributed by atoms with Crippen LogP contribution in [0.2, 0.25) is 0 Å². The third-order valence-electron chi connectivity index (χ3n) is 3.98. The minimum atomic E-state index is -0.946. The number of aliphatic carboxylic acids is 1. The first-order chi connectivity index (χ1) is 12.5. The molecule has 0 fully saturated rings. The Morgan fingerprint density at radius 1 is 1.15 bits per heavy atom. The zero-order chi connectivity index (χ0) is 18.5. The molecule has 0 radical (unpaired) electrons. The molecule has 134 valence electrons. The van der Waals surface area contributed by atoms with E-state index < -0.39 is 11.9 Å². The largest absolute Gasteiger partial charge is 0.497 e. The number of carboxylic acids is 1. The van der Waals surface area contributed by atoms with E-state index in [1.807, 2.05) is 24.3 Å². The van der Waals surface area contributed by atoms with Gasteiger partial charge in [-0.2, -0.15) is 0 Å². The standard InChI is InChI=1S/C19H18N2O4S/c1-25-14-8-6-12(7-9-14)13(11-18(23)24)10-17(22)21-19-20-15-4-2-3-5-16(15)26-19/h2-9,13H,10-11H2,1H3,(H,23,24)(H,20,21,22). The summed E-state index contributed by atoms with van der Waals surface area (Å²) in [6.07, 6.45) is -0.0614. The molecule has 3 rings (SSSR count). The van der Waals surface area contributed by atoms with Crippen molar-refractivity contribution in [2.75, 3.05) is 12.4 Å². The Bertz CT molecular complexity index is 888. The molecular formula is C19H18N2O4S. The van der Waals surface area contributed by atoms with Crippen LogP contribution in [0.4, 0.5) is 5.13 Å². The van der Waals surface area contributed by atoms with E-state index in [2.05, 4.69) is 10.3 Å². The number of aromatic nitrogens is 1. The van der Waals surface area contributed by atoms with Crippen LogP contribution in [0.25, 0.3) is 10.2 Å². The van der Waals surface area contributed by atoms with E-state index >= 15 is 0 Å². The molecule has 0 spiro atoms. The highest BCUT2D eigenvalue weighted by Crippen LogP contribution is 2.28. The number of thiazole rings is 1. The van der Waals surface area contributed by atoms with Crippen molar-refractivity contribution in [1.82, 2.24) is 4.98 Å². The maximum atomic E-state index is 12.4. The fourth-order valence-corrected chi connectivity index (χ4v) is 3.60. The van der Waals surface area contributed by atoms with E-state index in [1.165, 1.54) is 11.3 Å². The molecule has 0 saturated carbocycles. The van der Waals surface area contributed by atoms with Gasteiger partial charge in [-0.25, -0.2) is 4.98 Å². The molecule has 0 aliphatic rings. The van der Waals surface area contributed by atoms with Gasteiger partial charge in [-0.05, 0) is 29.8 Å². The topological polar surface area (TPSA) is 88.5 Å². The average molecular weight is 370 g/mol. The Kier molecular flexibility index (Phi) is 5.48. The van der Waals surface area contributed by atoms with Crippen LogP contribution in [0, 0.1) is 0 Å². The number of anilines is 1. The number of hydrogen-bond acceptors (Lipinski definition) is 5. The second-order valence-electron chi connectivity index (χ2n) is 5.81. The molecule has 0 saturated heterocycles. The highest BCUT2D eigenvalue weighted by Gasteiger charge is 2.20. The van der Waals surface area contributed by atoms with Gasteiger partial charge in [0.05, 0.1) is 23.7 Å². The lowest BCUT2D eigenvalue weighted by Gasteiger charge is -2.15. The summed E-state index contributed by atoms with van der Waals surface area (Å²) in [6.45, 7) is 0. The van der Waals surface area contributed by atoms with Gasteiger partial charge in [0.15, 0.2) is 5.13 Å². The number of ether oxygens (including phenoxy) is 1. The maximum Gasteiger partial charge on any atom is 0.303 e. The van der Waals surface area contributed by atoms with Gasteiger partial charge in [0, 0.05) is 12.3 Å². The van der Waals surface area contributed by atoms with Gasteiger partial charge in [-0.3, -0.25) is 9.59 Å². The molecule has 2 N–H and O–H groups in total. The number of carbonyl (C=O) groups excluding carboxylic acids is 1. The SMILES string of the molecule is COc1ccc(C(CC(=O)O)CC(=O)Nc2nc3ccccc3s2)cc1. The average Bonchev–Trinajstić information content (AvgIpc) is 3.03. The summed E-state index contributed by atoms with van der Waals surface area (Å²) in [5.74, 6) is -0.945. The monoisotopic (exact) mass is 370 g/mol. The van der Waals surface area contributed by atoms with E-state index in [0.29, 0.717) is 10.9 Å². The first-order valence-electron chi connectivity index (χ1n) is 8.06. The Balaban J connectivity index is 1.72. The van der Waals surface area contributed by atoms with E-state index in [9.17, 15) is 14.7 Å². The van der Waals surface area contributed by atoms with Gasteiger partial charge in [-0.15, -0.1) is 0 Å². The third kappa shape index (κ3) is 4.37. The van der Waals surface area contributed by atoms with E-state index in [1.54, 1.807) is 31.4 Å². The normalized spacial score (nSPS) is 11.9. The number of carbonyl (C=O) groups is 2. The number of hydrogen-bond donors (Lipinski definition) is 2. The van der Waals surface area contributed by atoms with Gasteiger partial charge in [0.2, 0.25) is 5.91 Å². The molecule has 26 heavy (non-hydrogen) atoms. The summed E-state index contributed by atoms with van der Waals surface area (Å²) in [5, 5.41) is 12.5. The van der Waals surface area contributed by atoms with Crippen molar-refractivity contribution in [3.8, 4) is 5.75 Å². The number of nitrogens with one attached hydrogen (secondary N) is 1. The van der Waals surface area contributed by atoms with E-state index in [4.69, 9.17) is 4.74 Å². The van der Waals surface area contributed by atoms with Crippen LogP contribution in [-0.4, -0.2) is 29.1 Å². The number of methoxy groups -OCH3 is 1. The Hall–Kier alpha value is -2.93. The van der Waals surface area contributed by atoms with Gasteiger partial charge in [-0.1, -0.05) is 35.6 Å². The highest BCUT2D eigenvalue weighted by molar-refractivity contribution is 7.22. The lowest BCUT2D eigenvalue weighted by Crippen LogP contribution is -2.17. The number of carboxylic acid groups (broad SMARTS) is 1. The molecule has 7 heteroatoms. The second kappa shape index (κ2) is 7.97. The van der Waals surface area contributed by atoms with Crippen LogP contribution in [0.15, 0.2) is 48.5 Å². The van der Waals surface area contributed by atoms with Crippen molar-refractivity contribution in [1.29, 1.82) is 0 Å². The zero-order valence-corrected chi connectivity index (χ0v) is 15.0. The molecule has 1 aromatic heterocycles. The number of amides is 1. The molecule has 1 atom stereocenters. The summed E-state index contributed by atoms with van der Waals surface area (Å²) in [4.78, 5) is 28.0. The number of para-hydroxylation sites is 1. The second-order valence-corrected chi connectivity index (χ2v) is 6.84. The van der Waals surface area contributed by atoms with E-state index in [0.717, 1.165) is 15.8 Å². The number of rotatable bonds is 7. The molecule has 0 aliphatic heterocycles. The van der Waals surface area contributed by atoms with Crippen LogP contribution < -0.4 is 10.1 Å². The van der Waals surface area contributed by atoms with Crippen molar-refractivity contribution in [3.05, 3.63) is 54.1 Å². The fourth-order valence-electron chi connectivity index (χ4n) is 2.71. The van der Waals surface area contributed by atoms with Crippen molar-refractivity contribution in [2.24, 2.45) is 0 Å². The lowest BCUT2D eigenvalue weighted by atomic mass is 9.92. The minimum Gasteiger partial charge on any atom is -0.497 e. The quantitative estimate of drug-likeness (QED) is 0.659. The van der Waals surface area contributed by atoms with Crippen LogP contribution >= 0.6 is 11.3 Å². The lowest BCUT2D eigenvalue weighted by molar-refractivity contribution is -0.137. The molecule has 1 heterocycles. The Morgan fingerprint density at radius 2 is 1.88 bits per heavy atom. The molecule has 1 unspecified atom stereocenters. The first kappa shape index (κ1) is 17.9. The fraction of sp³-hybridized carbons (Fsp3) is 0.211. The van der Waals surface area contributed by atoms with Crippen molar-refractivity contribution in [2.45, 2.75) is 18.8 Å². The summed E-state index contributed by atoms with van der Waals surface area (Å²) in [6, 6.07) is 14.7. The van der Waals surface area contributed by atoms with Gasteiger partial charge < -0.3 is 15.2 Å². The van der Waals surface area contributed by atoms with Crippen LogP contribution in [0.5, 0.6) is 5.75 Å². The van der Waals surface area contributed by atoms with Gasteiger partial charge in [0.1, 0.15) is 5.75 Å². The molecule has 6 nitrogen and oxygen atoms in total. The molecule has 1 amide bonds. The molecular weight excluding hydrogens is 352 g/mol. The summed E-state index contributed by atoms with van der Waals surface area (Å²) in [5.41, 5.74) is 1.61. The summed E-state index contributed by atoms with van der Waals surface area (Å²) < 4.78 is 6.10. The maximum absolute atomic E-state index is 12.4. The molecule has 0 bridgehead atoms. The predicted molar refractivity (Wildman–Crippen MR) is 101 cm³/mol. The molecule has 0 aliphatic carbocycles. The smallest absolute Gasteiger partial charge is 0.303 e. The molecule has 2 aromatic carbocycles. The Morgan fingerprint density at radius 3 is 2.54 bits per heavy atom. The predicted octanol–water partition coefficient (Wildman–Crippen LogP) is 3.89. The van der Waals surface area contributed by atoms with E-state index in [-0.39, 0.29) is 18.7 Å². The van der Waals surface area contributed by atoms with Gasteiger partial charge >= 0.3 is 5.97 Å². The van der Waals surface area contributed by atoms with Crippen molar-refractivity contribution in [3.63, 3.8) is 0 Å². The molecule has 3 aromatic rings. The number of benzene rings is 2. The Labute approximate surface area is 154 Å². The van der Waals surface area contributed by atoms with Crippen molar-refractivity contribution < 1.29 is 19.4 Å². The zero-order valence-electron chi connectivity index (χ0n) is 14.1. The highest BCUT2D eigenvalue weighted by atomic mass is 32.1.